The lowest BCUT2D eigenvalue weighted by molar-refractivity contribution is 0.211. The van der Waals surface area contributed by atoms with E-state index in [1.54, 1.807) is 7.11 Å². The number of ether oxygens (including phenoxy) is 1. The second-order valence-electron chi connectivity index (χ2n) is 6.89. The van der Waals surface area contributed by atoms with E-state index >= 15 is 0 Å². The molecule has 6 heteroatoms. The van der Waals surface area contributed by atoms with Gasteiger partial charge in [-0.25, -0.2) is 4.99 Å². The van der Waals surface area contributed by atoms with E-state index in [2.05, 4.69) is 72.3 Å². The Morgan fingerprint density at radius 1 is 1.35 bits per heavy atom. The molecule has 0 spiro atoms. The third kappa shape index (κ3) is 6.72. The van der Waals surface area contributed by atoms with Gasteiger partial charge in [0, 0.05) is 50.0 Å². The van der Waals surface area contributed by atoms with Crippen LogP contribution >= 0.6 is 11.8 Å². The molecule has 2 rings (SSSR count). The van der Waals surface area contributed by atoms with Gasteiger partial charge < -0.3 is 20.3 Å². The highest BCUT2D eigenvalue weighted by molar-refractivity contribution is 8.00. The van der Waals surface area contributed by atoms with Crippen molar-refractivity contribution in [1.29, 1.82) is 0 Å². The monoisotopic (exact) mass is 378 g/mol. The van der Waals surface area contributed by atoms with Gasteiger partial charge in [0.1, 0.15) is 0 Å². The minimum atomic E-state index is 0.685. The number of hydrogen-bond acceptors (Lipinski definition) is 4. The fourth-order valence-corrected chi connectivity index (χ4v) is 4.19. The molecule has 1 aliphatic rings. The van der Waals surface area contributed by atoms with Crippen LogP contribution in [0.3, 0.4) is 0 Å². The van der Waals surface area contributed by atoms with Gasteiger partial charge >= 0.3 is 0 Å². The van der Waals surface area contributed by atoms with Crippen LogP contribution in [0.25, 0.3) is 0 Å². The van der Waals surface area contributed by atoms with Crippen LogP contribution in [0, 0.1) is 5.92 Å². The van der Waals surface area contributed by atoms with Crippen molar-refractivity contribution in [3.05, 3.63) is 29.8 Å². The molecule has 26 heavy (non-hydrogen) atoms. The van der Waals surface area contributed by atoms with E-state index in [-0.39, 0.29) is 0 Å². The van der Waals surface area contributed by atoms with Gasteiger partial charge in [-0.05, 0) is 30.5 Å². The van der Waals surface area contributed by atoms with Crippen molar-refractivity contribution in [2.75, 3.05) is 51.0 Å². The normalized spacial score (nSPS) is 18.3. The predicted octanol–water partition coefficient (Wildman–Crippen LogP) is 3.28. The zero-order chi connectivity index (χ0) is 18.8. The van der Waals surface area contributed by atoms with Crippen LogP contribution in [0.4, 0.5) is 5.69 Å². The number of anilines is 1. The van der Waals surface area contributed by atoms with Gasteiger partial charge in [0.2, 0.25) is 0 Å². The fourth-order valence-electron chi connectivity index (χ4n) is 2.89. The third-order valence-electron chi connectivity index (χ3n) is 4.47. The summed E-state index contributed by atoms with van der Waals surface area (Å²) in [5, 5.41) is 7.49. The highest BCUT2D eigenvalue weighted by atomic mass is 32.2. The Kier molecular flexibility index (Phi) is 9.12. The Balaban J connectivity index is 1.95. The topological polar surface area (TPSA) is 48.9 Å². The van der Waals surface area contributed by atoms with Crippen LogP contribution in [-0.4, -0.2) is 61.8 Å². The van der Waals surface area contributed by atoms with Gasteiger partial charge in [-0.3, -0.25) is 0 Å². The lowest BCUT2D eigenvalue weighted by Crippen LogP contribution is -2.49. The van der Waals surface area contributed by atoms with Crippen LogP contribution in [0.15, 0.2) is 29.3 Å². The molecule has 0 aromatic heterocycles. The molecule has 5 nitrogen and oxygen atoms in total. The molecule has 0 amide bonds. The molecule has 1 aromatic rings. The van der Waals surface area contributed by atoms with Gasteiger partial charge in [-0.15, -0.1) is 0 Å². The van der Waals surface area contributed by atoms with Crippen LogP contribution < -0.4 is 10.6 Å². The Morgan fingerprint density at radius 2 is 2.12 bits per heavy atom. The van der Waals surface area contributed by atoms with E-state index in [0.717, 1.165) is 37.8 Å². The maximum Gasteiger partial charge on any atom is 0.194 e. The van der Waals surface area contributed by atoms with Crippen molar-refractivity contribution in [2.45, 2.75) is 32.6 Å². The number of thioether (sulfide) groups is 1. The molecule has 0 aliphatic carbocycles. The van der Waals surface area contributed by atoms with E-state index < -0.39 is 0 Å². The Hall–Kier alpha value is -1.40. The minimum Gasteiger partial charge on any atom is -0.383 e. The molecule has 1 fully saturated rings. The van der Waals surface area contributed by atoms with Gasteiger partial charge in [-0.1, -0.05) is 26.0 Å². The first kappa shape index (κ1) is 20.9. The molecule has 1 atom stereocenters. The average Bonchev–Trinajstić information content (AvgIpc) is 2.66. The average molecular weight is 379 g/mol. The molecule has 1 aliphatic heterocycles. The second-order valence-corrected chi connectivity index (χ2v) is 8.23. The molecule has 0 radical (unpaired) electrons. The van der Waals surface area contributed by atoms with Crippen molar-refractivity contribution >= 4 is 23.4 Å². The molecule has 1 unspecified atom stereocenters. The van der Waals surface area contributed by atoms with Crippen molar-refractivity contribution in [2.24, 2.45) is 10.9 Å². The number of nitrogens with one attached hydrogen (secondary N) is 2. The van der Waals surface area contributed by atoms with Crippen LogP contribution in [0.5, 0.6) is 0 Å². The van der Waals surface area contributed by atoms with Crippen LogP contribution in [0.1, 0.15) is 26.3 Å². The van der Waals surface area contributed by atoms with E-state index in [0.29, 0.717) is 24.3 Å². The summed E-state index contributed by atoms with van der Waals surface area (Å²) >= 11 is 2.09. The summed E-state index contributed by atoms with van der Waals surface area (Å²) in [5.41, 5.74) is 2.35. The third-order valence-corrected chi connectivity index (χ3v) is 6.01. The fraction of sp³-hybridized carbons (Fsp3) is 0.650. The maximum absolute atomic E-state index is 5.06. The quantitative estimate of drug-likeness (QED) is 0.413. The summed E-state index contributed by atoms with van der Waals surface area (Å²) in [5.74, 6) is 2.92. The number of hydrogen-bond donors (Lipinski definition) is 2. The largest absolute Gasteiger partial charge is 0.383 e. The zero-order valence-electron chi connectivity index (χ0n) is 16.6. The molecular weight excluding hydrogens is 344 g/mol. The summed E-state index contributed by atoms with van der Waals surface area (Å²) in [6.45, 7) is 12.0. The lowest BCUT2D eigenvalue weighted by Gasteiger charge is -2.36. The van der Waals surface area contributed by atoms with Gasteiger partial charge in [0.15, 0.2) is 5.96 Å². The Morgan fingerprint density at radius 3 is 2.77 bits per heavy atom. The molecule has 146 valence electrons. The number of nitrogens with zero attached hydrogens (tertiary/aromatic N) is 2. The number of benzene rings is 1. The standard InChI is InChI=1S/C20H34N4OS/c1-5-21-20(24-11-13-26-19(15-24)16(2)3)23-14-17-6-8-18(9-7-17)22-10-12-25-4/h6-9,16,19,22H,5,10-15H2,1-4H3,(H,21,23). The van der Waals surface area contributed by atoms with Crippen LogP contribution in [-0.2, 0) is 11.3 Å². The van der Waals surface area contributed by atoms with Gasteiger partial charge in [0.05, 0.1) is 13.2 Å². The highest BCUT2D eigenvalue weighted by Crippen LogP contribution is 2.25. The van der Waals surface area contributed by atoms with Crippen LogP contribution in [0.2, 0.25) is 0 Å². The lowest BCUT2D eigenvalue weighted by atomic mass is 10.1. The summed E-state index contributed by atoms with van der Waals surface area (Å²) in [7, 11) is 1.72. The van der Waals surface area contributed by atoms with Crippen molar-refractivity contribution in [3.8, 4) is 0 Å². The zero-order valence-corrected chi connectivity index (χ0v) is 17.4. The predicted molar refractivity (Wildman–Crippen MR) is 114 cm³/mol. The van der Waals surface area contributed by atoms with Gasteiger partial charge in [-0.2, -0.15) is 11.8 Å². The Bertz CT molecular complexity index is 547. The number of aliphatic imine (C=N–C) groups is 1. The van der Waals surface area contributed by atoms with E-state index in [1.165, 1.54) is 11.3 Å². The van der Waals surface area contributed by atoms with Crippen molar-refractivity contribution < 1.29 is 4.74 Å². The number of guanidine groups is 1. The molecular formula is C20H34N4OS. The first-order valence-electron chi connectivity index (χ1n) is 9.60. The van der Waals surface area contributed by atoms with E-state index in [1.807, 2.05) is 0 Å². The summed E-state index contributed by atoms with van der Waals surface area (Å²) in [6, 6.07) is 8.51. The van der Waals surface area contributed by atoms with E-state index in [9.17, 15) is 0 Å². The number of rotatable bonds is 8. The van der Waals surface area contributed by atoms with Gasteiger partial charge in [0.25, 0.3) is 0 Å². The molecule has 1 saturated heterocycles. The molecule has 0 bridgehead atoms. The molecule has 2 N–H and O–H groups in total. The highest BCUT2D eigenvalue weighted by Gasteiger charge is 2.24. The maximum atomic E-state index is 5.06. The minimum absolute atomic E-state index is 0.685. The smallest absolute Gasteiger partial charge is 0.194 e. The first-order chi connectivity index (χ1) is 12.6. The molecule has 1 aromatic carbocycles. The Labute approximate surface area is 163 Å². The molecule has 0 saturated carbocycles. The SMILES string of the molecule is CCNC(=NCc1ccc(NCCOC)cc1)N1CCSC(C(C)C)C1. The first-order valence-corrected chi connectivity index (χ1v) is 10.7. The second kappa shape index (κ2) is 11.3. The summed E-state index contributed by atoms with van der Waals surface area (Å²) in [4.78, 5) is 7.31. The summed E-state index contributed by atoms with van der Waals surface area (Å²) in [6.07, 6.45) is 0. The summed E-state index contributed by atoms with van der Waals surface area (Å²) < 4.78 is 5.06. The number of methoxy groups -OCH3 is 1. The van der Waals surface area contributed by atoms with Crippen molar-refractivity contribution in [3.63, 3.8) is 0 Å². The van der Waals surface area contributed by atoms with Crippen molar-refractivity contribution in [1.82, 2.24) is 10.2 Å². The van der Waals surface area contributed by atoms with E-state index in [4.69, 9.17) is 9.73 Å². The molecule has 1 heterocycles.